The summed E-state index contributed by atoms with van der Waals surface area (Å²) in [5.74, 6) is 0.666. The van der Waals surface area contributed by atoms with Crippen LogP contribution in [0.5, 0.6) is 0 Å². The van der Waals surface area contributed by atoms with E-state index in [1.807, 2.05) is 27.0 Å². The average Bonchev–Trinajstić information content (AvgIpc) is 2.61. The maximum Gasteiger partial charge on any atom is 0.0407 e. The van der Waals surface area contributed by atoms with E-state index in [0.29, 0.717) is 5.92 Å². The molecule has 1 aliphatic rings. The molecule has 1 atom stereocenters. The minimum absolute atomic E-state index is 0.666. The van der Waals surface area contributed by atoms with Crippen molar-refractivity contribution < 1.29 is 0 Å². The Labute approximate surface area is 107 Å². The Hall–Kier alpha value is -1.24. The molecule has 0 fully saturated rings. The Kier molecular flexibility index (Phi) is 8.21. The molecule has 0 aromatic heterocycles. The molecular formula is C16H27N. The second-order valence-electron chi connectivity index (χ2n) is 3.95. The van der Waals surface area contributed by atoms with Gasteiger partial charge in [0.2, 0.25) is 0 Å². The van der Waals surface area contributed by atoms with Gasteiger partial charge < -0.3 is 5.32 Å². The van der Waals surface area contributed by atoms with Crippen LogP contribution >= 0.6 is 0 Å². The third-order valence-corrected chi connectivity index (χ3v) is 3.07. The molecule has 0 heterocycles. The fraction of sp³-hybridized carbons (Fsp3) is 0.500. The van der Waals surface area contributed by atoms with Gasteiger partial charge in [0.25, 0.3) is 0 Å². The maximum atomic E-state index is 3.84. The van der Waals surface area contributed by atoms with Crippen molar-refractivity contribution in [3.63, 3.8) is 0 Å². The minimum Gasteiger partial charge on any atom is -0.388 e. The van der Waals surface area contributed by atoms with Gasteiger partial charge in [-0.25, -0.2) is 0 Å². The first-order chi connectivity index (χ1) is 8.22. The number of allylic oxidation sites excluding steroid dienone is 5. The van der Waals surface area contributed by atoms with Crippen LogP contribution in [0.3, 0.4) is 0 Å². The normalized spacial score (nSPS) is 16.4. The van der Waals surface area contributed by atoms with E-state index in [1.165, 1.54) is 17.6 Å². The van der Waals surface area contributed by atoms with Gasteiger partial charge in [-0.2, -0.15) is 0 Å². The number of likely N-dealkylation sites (N-methyl/N-ethyl adjacent to an activating group) is 1. The van der Waals surface area contributed by atoms with Crippen molar-refractivity contribution in [3.8, 4) is 0 Å². The zero-order valence-corrected chi connectivity index (χ0v) is 12.0. The molecule has 1 unspecified atom stereocenters. The van der Waals surface area contributed by atoms with Gasteiger partial charge in [-0.05, 0) is 30.4 Å². The molecule has 1 aliphatic carbocycles. The van der Waals surface area contributed by atoms with Gasteiger partial charge in [0, 0.05) is 12.7 Å². The second-order valence-corrected chi connectivity index (χ2v) is 3.95. The molecule has 0 amide bonds. The van der Waals surface area contributed by atoms with Crippen molar-refractivity contribution in [1.82, 2.24) is 5.32 Å². The molecule has 17 heavy (non-hydrogen) atoms. The summed E-state index contributed by atoms with van der Waals surface area (Å²) in [6.45, 7) is 12.4. The van der Waals surface area contributed by atoms with Gasteiger partial charge >= 0.3 is 0 Å². The number of rotatable bonds is 4. The lowest BCUT2D eigenvalue weighted by Crippen LogP contribution is -2.06. The van der Waals surface area contributed by atoms with Crippen LogP contribution in [-0.4, -0.2) is 7.05 Å². The van der Waals surface area contributed by atoms with Crippen molar-refractivity contribution in [1.29, 1.82) is 0 Å². The zero-order chi connectivity index (χ0) is 13.3. The van der Waals surface area contributed by atoms with Gasteiger partial charge in [0.15, 0.2) is 0 Å². The van der Waals surface area contributed by atoms with E-state index >= 15 is 0 Å². The van der Waals surface area contributed by atoms with Gasteiger partial charge in [0.1, 0.15) is 0 Å². The van der Waals surface area contributed by atoms with Crippen LogP contribution in [0.4, 0.5) is 0 Å². The number of hydrogen-bond acceptors (Lipinski definition) is 1. The van der Waals surface area contributed by atoms with Crippen LogP contribution in [0.1, 0.15) is 40.5 Å². The van der Waals surface area contributed by atoms with Crippen LogP contribution in [0.15, 0.2) is 47.7 Å². The van der Waals surface area contributed by atoms with E-state index in [0.717, 1.165) is 12.1 Å². The summed E-state index contributed by atoms with van der Waals surface area (Å²) in [6.07, 6.45) is 10.8. The summed E-state index contributed by atoms with van der Waals surface area (Å²) in [4.78, 5) is 0. The Morgan fingerprint density at radius 1 is 1.41 bits per heavy atom. The second kappa shape index (κ2) is 8.86. The first kappa shape index (κ1) is 15.8. The van der Waals surface area contributed by atoms with E-state index in [9.17, 15) is 0 Å². The quantitative estimate of drug-likeness (QED) is 0.748. The molecule has 0 aromatic carbocycles. The minimum atomic E-state index is 0.666. The molecule has 1 rings (SSSR count). The van der Waals surface area contributed by atoms with E-state index in [-0.39, 0.29) is 0 Å². The van der Waals surface area contributed by atoms with Gasteiger partial charge in [-0.15, -0.1) is 0 Å². The Morgan fingerprint density at radius 2 is 2.06 bits per heavy atom. The highest BCUT2D eigenvalue weighted by molar-refractivity contribution is 5.43. The third-order valence-electron chi connectivity index (χ3n) is 3.07. The van der Waals surface area contributed by atoms with Crippen molar-refractivity contribution in [2.75, 3.05) is 7.05 Å². The summed E-state index contributed by atoms with van der Waals surface area (Å²) in [5, 5.41) is 3.20. The fourth-order valence-corrected chi connectivity index (χ4v) is 1.74. The molecule has 0 spiro atoms. The predicted molar refractivity (Wildman–Crippen MR) is 78.9 cm³/mol. The first-order valence-electron chi connectivity index (χ1n) is 6.64. The summed E-state index contributed by atoms with van der Waals surface area (Å²) in [5.41, 5.74) is 3.86. The van der Waals surface area contributed by atoms with Crippen LogP contribution in [0.25, 0.3) is 0 Å². The predicted octanol–water partition coefficient (Wildman–Crippen LogP) is 4.60. The lowest BCUT2D eigenvalue weighted by atomic mass is 9.95. The van der Waals surface area contributed by atoms with Gasteiger partial charge in [-0.3, -0.25) is 0 Å². The van der Waals surface area contributed by atoms with E-state index < -0.39 is 0 Å². The number of hydrogen-bond donors (Lipinski definition) is 1. The van der Waals surface area contributed by atoms with Gasteiger partial charge in [0.05, 0.1) is 0 Å². The molecule has 0 aliphatic heterocycles. The zero-order valence-electron chi connectivity index (χ0n) is 12.0. The highest BCUT2D eigenvalue weighted by Gasteiger charge is 2.08. The van der Waals surface area contributed by atoms with Crippen molar-refractivity contribution in [2.45, 2.75) is 40.5 Å². The SMILES string of the molecule is C=CC1=CCC(C(C)CC)=CC=C1NC.CC. The van der Waals surface area contributed by atoms with E-state index in [4.69, 9.17) is 0 Å². The maximum absolute atomic E-state index is 3.84. The summed E-state index contributed by atoms with van der Waals surface area (Å²) in [7, 11) is 1.95. The van der Waals surface area contributed by atoms with Crippen molar-refractivity contribution in [3.05, 3.63) is 47.7 Å². The Balaban J connectivity index is 0.00000121. The van der Waals surface area contributed by atoms with E-state index in [1.54, 1.807) is 0 Å². The summed E-state index contributed by atoms with van der Waals surface area (Å²) >= 11 is 0. The van der Waals surface area contributed by atoms with E-state index in [2.05, 4.69) is 44.0 Å². The fourth-order valence-electron chi connectivity index (χ4n) is 1.74. The lowest BCUT2D eigenvalue weighted by molar-refractivity contribution is 0.642. The standard InChI is InChI=1S/C14H21N.C2H6/c1-5-11(3)13-8-7-12(6-2)14(15-4)10-9-13;1-2/h6-7,9-11,15H,2,5,8H2,1,3-4H3;1-2H3. The molecule has 0 saturated heterocycles. The lowest BCUT2D eigenvalue weighted by Gasteiger charge is -2.10. The molecule has 1 nitrogen and oxygen atoms in total. The van der Waals surface area contributed by atoms with Crippen molar-refractivity contribution >= 4 is 0 Å². The topological polar surface area (TPSA) is 12.0 Å². The van der Waals surface area contributed by atoms with Crippen LogP contribution in [0, 0.1) is 5.92 Å². The van der Waals surface area contributed by atoms with Crippen molar-refractivity contribution in [2.24, 2.45) is 5.92 Å². The van der Waals surface area contributed by atoms with Gasteiger partial charge in [-0.1, -0.05) is 58.1 Å². The highest BCUT2D eigenvalue weighted by atomic mass is 14.8. The Bertz CT molecular complexity index is 318. The molecule has 0 aromatic rings. The monoisotopic (exact) mass is 233 g/mol. The molecule has 96 valence electrons. The first-order valence-corrected chi connectivity index (χ1v) is 6.64. The molecule has 1 heteroatoms. The molecule has 0 bridgehead atoms. The molecule has 0 radical (unpaired) electrons. The summed E-state index contributed by atoms with van der Waals surface area (Å²) < 4.78 is 0. The Morgan fingerprint density at radius 3 is 2.53 bits per heavy atom. The number of nitrogens with one attached hydrogen (secondary N) is 1. The van der Waals surface area contributed by atoms with Crippen LogP contribution in [0.2, 0.25) is 0 Å². The third kappa shape index (κ3) is 4.64. The van der Waals surface area contributed by atoms with Crippen LogP contribution in [-0.2, 0) is 0 Å². The summed E-state index contributed by atoms with van der Waals surface area (Å²) in [6, 6.07) is 0. The highest BCUT2D eigenvalue weighted by Crippen LogP contribution is 2.24. The molecular weight excluding hydrogens is 206 g/mol. The van der Waals surface area contributed by atoms with Crippen LogP contribution < -0.4 is 5.32 Å². The average molecular weight is 233 g/mol. The molecule has 0 saturated carbocycles. The smallest absolute Gasteiger partial charge is 0.0407 e. The largest absolute Gasteiger partial charge is 0.388 e. The molecule has 1 N–H and O–H groups in total.